The highest BCUT2D eigenvalue weighted by atomic mass is 16.7. The molecule has 2 heterocycles. The van der Waals surface area contributed by atoms with E-state index in [1.165, 1.54) is 0 Å². The van der Waals surface area contributed by atoms with Gasteiger partial charge in [0.05, 0.1) is 18.9 Å². The van der Waals surface area contributed by atoms with Gasteiger partial charge in [0.1, 0.15) is 5.92 Å². The number of hydrogen-bond donors (Lipinski definition) is 1. The highest BCUT2D eigenvalue weighted by Crippen LogP contribution is 2.34. The van der Waals surface area contributed by atoms with E-state index in [4.69, 9.17) is 9.47 Å². The Morgan fingerprint density at radius 2 is 1.97 bits per heavy atom. The molecule has 1 atom stereocenters. The Kier molecular flexibility index (Phi) is 5.65. The average molecular weight is 393 g/mol. The van der Waals surface area contributed by atoms with Gasteiger partial charge in [-0.3, -0.25) is 9.79 Å². The Morgan fingerprint density at radius 1 is 1.17 bits per heavy atom. The van der Waals surface area contributed by atoms with E-state index in [1.54, 1.807) is 6.21 Å². The molecule has 0 aliphatic carbocycles. The molecular weight excluding hydrogens is 366 g/mol. The van der Waals surface area contributed by atoms with Crippen LogP contribution in [0, 0.1) is 13.8 Å². The van der Waals surface area contributed by atoms with Crippen molar-refractivity contribution in [1.29, 1.82) is 0 Å². The first-order valence-electron chi connectivity index (χ1n) is 10.0. The standard InChI is InChI=1S/C23H27N3O3/c1-15-5-4-6-19-22(15)18(23(27)25-19)14-24-17-7-8-20(16(2)13-17)26(3)10-9-21-28-11-12-29-21/h4-8,13-14,18,21H,9-12H2,1-3H3,(H,25,27). The van der Waals surface area contributed by atoms with Crippen LogP contribution in [0.3, 0.4) is 0 Å². The van der Waals surface area contributed by atoms with Crippen molar-refractivity contribution in [3.63, 3.8) is 0 Å². The smallest absolute Gasteiger partial charge is 0.237 e. The molecule has 0 bridgehead atoms. The van der Waals surface area contributed by atoms with E-state index in [2.05, 4.69) is 41.3 Å². The highest BCUT2D eigenvalue weighted by Gasteiger charge is 2.30. The van der Waals surface area contributed by atoms with Gasteiger partial charge in [0.25, 0.3) is 0 Å². The van der Waals surface area contributed by atoms with Gasteiger partial charge in [0.15, 0.2) is 6.29 Å². The van der Waals surface area contributed by atoms with Crippen LogP contribution in [0.4, 0.5) is 17.1 Å². The van der Waals surface area contributed by atoms with Crippen LogP contribution in [-0.2, 0) is 14.3 Å². The normalized spacial score (nSPS) is 19.0. The number of aryl methyl sites for hydroxylation is 2. The van der Waals surface area contributed by atoms with Crippen molar-refractivity contribution in [3.05, 3.63) is 53.1 Å². The van der Waals surface area contributed by atoms with Gasteiger partial charge in [-0.25, -0.2) is 0 Å². The molecule has 2 aromatic rings. The summed E-state index contributed by atoms with van der Waals surface area (Å²) in [5.41, 5.74) is 6.14. The third kappa shape index (κ3) is 4.18. The number of ether oxygens (including phenoxy) is 2. The van der Waals surface area contributed by atoms with Crippen LogP contribution in [-0.4, -0.2) is 45.2 Å². The Labute approximate surface area is 171 Å². The molecule has 152 valence electrons. The molecular formula is C23H27N3O3. The lowest BCUT2D eigenvalue weighted by Gasteiger charge is -2.23. The molecule has 1 saturated heterocycles. The number of anilines is 2. The Hall–Kier alpha value is -2.70. The molecule has 2 aliphatic rings. The molecule has 29 heavy (non-hydrogen) atoms. The van der Waals surface area contributed by atoms with E-state index >= 15 is 0 Å². The molecule has 1 N–H and O–H groups in total. The summed E-state index contributed by atoms with van der Waals surface area (Å²) in [5.74, 6) is -0.372. The van der Waals surface area contributed by atoms with E-state index in [9.17, 15) is 4.79 Å². The lowest BCUT2D eigenvalue weighted by Crippen LogP contribution is -2.24. The molecule has 0 radical (unpaired) electrons. The van der Waals surface area contributed by atoms with Crippen LogP contribution in [0.2, 0.25) is 0 Å². The van der Waals surface area contributed by atoms with Crippen LogP contribution < -0.4 is 10.2 Å². The van der Waals surface area contributed by atoms with Crippen LogP contribution >= 0.6 is 0 Å². The summed E-state index contributed by atoms with van der Waals surface area (Å²) in [6.07, 6.45) is 2.50. The number of nitrogens with one attached hydrogen (secondary N) is 1. The minimum atomic E-state index is -0.347. The fourth-order valence-corrected chi connectivity index (χ4v) is 3.99. The van der Waals surface area contributed by atoms with Crippen LogP contribution in [0.1, 0.15) is 29.0 Å². The van der Waals surface area contributed by atoms with Gasteiger partial charge in [0, 0.05) is 37.6 Å². The van der Waals surface area contributed by atoms with Crippen molar-refractivity contribution in [2.75, 3.05) is 37.0 Å². The zero-order valence-electron chi connectivity index (χ0n) is 17.1. The van der Waals surface area contributed by atoms with Crippen molar-refractivity contribution in [3.8, 4) is 0 Å². The topological polar surface area (TPSA) is 63.2 Å². The summed E-state index contributed by atoms with van der Waals surface area (Å²) >= 11 is 0. The summed E-state index contributed by atoms with van der Waals surface area (Å²) in [4.78, 5) is 19.2. The molecule has 0 spiro atoms. The van der Waals surface area contributed by atoms with Gasteiger partial charge < -0.3 is 19.7 Å². The fourth-order valence-electron chi connectivity index (χ4n) is 3.99. The first-order chi connectivity index (χ1) is 14.0. The molecule has 1 fully saturated rings. The monoisotopic (exact) mass is 393 g/mol. The van der Waals surface area contributed by atoms with Crippen molar-refractivity contribution >= 4 is 29.2 Å². The summed E-state index contributed by atoms with van der Waals surface area (Å²) < 4.78 is 11.0. The summed E-state index contributed by atoms with van der Waals surface area (Å²) in [7, 11) is 2.07. The van der Waals surface area contributed by atoms with Crippen molar-refractivity contribution in [2.24, 2.45) is 4.99 Å². The van der Waals surface area contributed by atoms with E-state index in [0.29, 0.717) is 13.2 Å². The average Bonchev–Trinajstić information content (AvgIpc) is 3.32. The SMILES string of the molecule is Cc1cc(N=CC2C(=O)Nc3cccc(C)c32)ccc1N(C)CCC1OCCO1. The van der Waals surface area contributed by atoms with Crippen LogP contribution in [0.15, 0.2) is 41.4 Å². The second-order valence-corrected chi connectivity index (χ2v) is 7.63. The third-order valence-electron chi connectivity index (χ3n) is 5.53. The molecule has 2 aliphatic heterocycles. The molecule has 1 unspecified atom stereocenters. The van der Waals surface area contributed by atoms with Gasteiger partial charge in [-0.15, -0.1) is 0 Å². The number of fused-ring (bicyclic) bond motifs is 1. The maximum absolute atomic E-state index is 12.4. The van der Waals surface area contributed by atoms with E-state index in [1.807, 2.05) is 31.2 Å². The number of carbonyl (C=O) groups excluding carboxylic acids is 1. The van der Waals surface area contributed by atoms with Gasteiger partial charge in [-0.1, -0.05) is 12.1 Å². The van der Waals surface area contributed by atoms with E-state index in [-0.39, 0.29) is 18.1 Å². The number of rotatable bonds is 6. The number of benzene rings is 2. The number of aliphatic imine (C=N–C) groups is 1. The zero-order chi connectivity index (χ0) is 20.4. The van der Waals surface area contributed by atoms with Gasteiger partial charge in [0.2, 0.25) is 5.91 Å². The Morgan fingerprint density at radius 3 is 2.72 bits per heavy atom. The minimum absolute atomic E-state index is 0.0255. The number of hydrogen-bond acceptors (Lipinski definition) is 5. The van der Waals surface area contributed by atoms with Crippen molar-refractivity contribution < 1.29 is 14.3 Å². The molecule has 6 nitrogen and oxygen atoms in total. The lowest BCUT2D eigenvalue weighted by atomic mass is 9.97. The summed E-state index contributed by atoms with van der Waals surface area (Å²) in [6.45, 7) is 6.32. The first-order valence-corrected chi connectivity index (χ1v) is 10.0. The second kappa shape index (κ2) is 8.35. The van der Waals surface area contributed by atoms with E-state index < -0.39 is 0 Å². The number of amides is 1. The summed E-state index contributed by atoms with van der Waals surface area (Å²) in [5, 5.41) is 2.94. The molecule has 2 aromatic carbocycles. The molecule has 4 rings (SSSR count). The quantitative estimate of drug-likeness (QED) is 0.755. The van der Waals surface area contributed by atoms with E-state index in [0.717, 1.165) is 46.7 Å². The fraction of sp³-hybridized carbons (Fsp3) is 0.391. The number of nitrogens with zero attached hydrogens (tertiary/aromatic N) is 2. The van der Waals surface area contributed by atoms with Gasteiger partial charge in [-0.2, -0.15) is 0 Å². The number of carbonyl (C=O) groups is 1. The highest BCUT2D eigenvalue weighted by molar-refractivity contribution is 6.13. The molecule has 6 heteroatoms. The molecule has 0 saturated carbocycles. The Bertz CT molecular complexity index is 935. The predicted molar refractivity (Wildman–Crippen MR) is 115 cm³/mol. The van der Waals surface area contributed by atoms with Crippen molar-refractivity contribution in [1.82, 2.24) is 0 Å². The van der Waals surface area contributed by atoms with Gasteiger partial charge >= 0.3 is 0 Å². The lowest BCUT2D eigenvalue weighted by molar-refractivity contribution is -0.115. The molecule has 1 amide bonds. The maximum atomic E-state index is 12.4. The Balaban J connectivity index is 1.45. The predicted octanol–water partition coefficient (Wildman–Crippen LogP) is 3.94. The summed E-state index contributed by atoms with van der Waals surface area (Å²) in [6, 6.07) is 12.0. The third-order valence-corrected chi connectivity index (χ3v) is 5.53. The zero-order valence-corrected chi connectivity index (χ0v) is 17.1. The van der Waals surface area contributed by atoms with Crippen LogP contribution in [0.25, 0.3) is 0 Å². The second-order valence-electron chi connectivity index (χ2n) is 7.63. The van der Waals surface area contributed by atoms with Gasteiger partial charge in [-0.05, 0) is 54.8 Å². The van der Waals surface area contributed by atoms with Crippen LogP contribution in [0.5, 0.6) is 0 Å². The maximum Gasteiger partial charge on any atom is 0.237 e. The largest absolute Gasteiger partial charge is 0.374 e. The minimum Gasteiger partial charge on any atom is -0.374 e. The van der Waals surface area contributed by atoms with Crippen molar-refractivity contribution in [2.45, 2.75) is 32.5 Å². The first kappa shape index (κ1) is 19.6. The molecule has 0 aromatic heterocycles.